The van der Waals surface area contributed by atoms with E-state index in [2.05, 4.69) is 4.72 Å². The molecule has 0 fully saturated rings. The van der Waals surface area contributed by atoms with Crippen LogP contribution in [0.1, 0.15) is 38.1 Å². The zero-order valence-electron chi connectivity index (χ0n) is 12.5. The van der Waals surface area contributed by atoms with E-state index in [-0.39, 0.29) is 22.8 Å². The van der Waals surface area contributed by atoms with Crippen molar-refractivity contribution in [1.29, 1.82) is 0 Å². The molecule has 2 N–H and O–H groups in total. The average molecular weight is 317 g/mol. The van der Waals surface area contributed by atoms with Gasteiger partial charge in [0.05, 0.1) is 10.5 Å². The van der Waals surface area contributed by atoms with Crippen molar-refractivity contribution in [3.05, 3.63) is 29.6 Å². The summed E-state index contributed by atoms with van der Waals surface area (Å²) in [5, 5.41) is 8.83. The standard InChI is InChI=1S/C14H20FNO4S/c1-9(14(2,3)4)8-16-21(19,20)10-5-6-12(15)11(7-10)13(17)18/h5-7,9,16H,8H2,1-4H3,(H,17,18). The second-order valence-electron chi connectivity index (χ2n) is 6.07. The highest BCUT2D eigenvalue weighted by molar-refractivity contribution is 7.89. The third-order valence-corrected chi connectivity index (χ3v) is 4.96. The Morgan fingerprint density at radius 1 is 1.38 bits per heavy atom. The molecule has 0 amide bonds. The lowest BCUT2D eigenvalue weighted by Gasteiger charge is -2.27. The van der Waals surface area contributed by atoms with E-state index in [4.69, 9.17) is 5.11 Å². The third-order valence-electron chi connectivity index (χ3n) is 3.54. The minimum atomic E-state index is -3.87. The van der Waals surface area contributed by atoms with Gasteiger partial charge in [0, 0.05) is 6.54 Å². The van der Waals surface area contributed by atoms with Crippen LogP contribution in [0.3, 0.4) is 0 Å². The third kappa shape index (κ3) is 4.50. The summed E-state index contributed by atoms with van der Waals surface area (Å²) in [6.07, 6.45) is 0. The van der Waals surface area contributed by atoms with E-state index in [1.165, 1.54) is 0 Å². The Morgan fingerprint density at radius 3 is 2.43 bits per heavy atom. The molecule has 1 atom stereocenters. The zero-order chi connectivity index (χ0) is 16.4. The van der Waals surface area contributed by atoms with Gasteiger partial charge in [-0.3, -0.25) is 0 Å². The van der Waals surface area contributed by atoms with Crippen molar-refractivity contribution in [2.75, 3.05) is 6.54 Å². The molecule has 7 heteroatoms. The molecular formula is C14H20FNO4S. The normalized spacial score (nSPS) is 14.0. The minimum Gasteiger partial charge on any atom is -0.478 e. The first-order valence-electron chi connectivity index (χ1n) is 6.47. The molecule has 0 saturated heterocycles. The molecule has 1 rings (SSSR count). The topological polar surface area (TPSA) is 83.5 Å². The fourth-order valence-corrected chi connectivity index (χ4v) is 2.62. The van der Waals surface area contributed by atoms with Crippen molar-refractivity contribution >= 4 is 16.0 Å². The van der Waals surface area contributed by atoms with E-state index in [9.17, 15) is 17.6 Å². The molecule has 0 aliphatic rings. The monoisotopic (exact) mass is 317 g/mol. The highest BCUT2D eigenvalue weighted by Gasteiger charge is 2.24. The Labute approximate surface area is 124 Å². The maximum atomic E-state index is 13.3. The van der Waals surface area contributed by atoms with Crippen LogP contribution in [-0.2, 0) is 10.0 Å². The summed E-state index contributed by atoms with van der Waals surface area (Å²) in [7, 11) is -3.87. The average Bonchev–Trinajstić information content (AvgIpc) is 2.34. The number of nitrogens with one attached hydrogen (secondary N) is 1. The van der Waals surface area contributed by atoms with E-state index >= 15 is 0 Å². The van der Waals surface area contributed by atoms with Gasteiger partial charge in [0.1, 0.15) is 5.82 Å². The number of rotatable bonds is 5. The SMILES string of the molecule is CC(CNS(=O)(=O)c1ccc(F)c(C(=O)O)c1)C(C)(C)C. The van der Waals surface area contributed by atoms with Crippen molar-refractivity contribution in [3.63, 3.8) is 0 Å². The lowest BCUT2D eigenvalue weighted by molar-refractivity contribution is 0.0691. The number of carbonyl (C=O) groups is 1. The highest BCUT2D eigenvalue weighted by Crippen LogP contribution is 2.25. The van der Waals surface area contributed by atoms with Gasteiger partial charge in [-0.05, 0) is 29.5 Å². The van der Waals surface area contributed by atoms with Crippen LogP contribution in [0.5, 0.6) is 0 Å². The first-order valence-corrected chi connectivity index (χ1v) is 7.96. The summed E-state index contributed by atoms with van der Waals surface area (Å²) < 4.78 is 40.0. The number of benzene rings is 1. The lowest BCUT2D eigenvalue weighted by atomic mass is 9.82. The minimum absolute atomic E-state index is 0.0719. The fraction of sp³-hybridized carbons (Fsp3) is 0.500. The molecule has 1 aromatic carbocycles. The highest BCUT2D eigenvalue weighted by atomic mass is 32.2. The molecule has 0 aliphatic heterocycles. The largest absolute Gasteiger partial charge is 0.478 e. The van der Waals surface area contributed by atoms with Crippen LogP contribution in [0.25, 0.3) is 0 Å². The van der Waals surface area contributed by atoms with Crippen molar-refractivity contribution in [3.8, 4) is 0 Å². The van der Waals surface area contributed by atoms with E-state index < -0.39 is 27.4 Å². The number of carboxylic acids is 1. The van der Waals surface area contributed by atoms with Crippen LogP contribution >= 0.6 is 0 Å². The molecule has 21 heavy (non-hydrogen) atoms. The predicted octanol–water partition coefficient (Wildman–Crippen LogP) is 2.48. The van der Waals surface area contributed by atoms with Gasteiger partial charge in [0.2, 0.25) is 10.0 Å². The van der Waals surface area contributed by atoms with Gasteiger partial charge in [0.25, 0.3) is 0 Å². The smallest absolute Gasteiger partial charge is 0.338 e. The maximum Gasteiger partial charge on any atom is 0.338 e. The van der Waals surface area contributed by atoms with E-state index in [1.54, 1.807) is 0 Å². The summed E-state index contributed by atoms with van der Waals surface area (Å²) in [6, 6.07) is 2.71. The van der Waals surface area contributed by atoms with Crippen LogP contribution in [-0.4, -0.2) is 26.0 Å². The molecule has 1 aromatic rings. The molecule has 0 heterocycles. The van der Waals surface area contributed by atoms with Gasteiger partial charge < -0.3 is 5.11 Å². The van der Waals surface area contributed by atoms with Gasteiger partial charge in [-0.15, -0.1) is 0 Å². The van der Waals surface area contributed by atoms with E-state index in [0.717, 1.165) is 18.2 Å². The van der Waals surface area contributed by atoms with Gasteiger partial charge in [0.15, 0.2) is 0 Å². The molecule has 0 radical (unpaired) electrons. The molecule has 118 valence electrons. The van der Waals surface area contributed by atoms with Crippen LogP contribution in [0.15, 0.2) is 23.1 Å². The van der Waals surface area contributed by atoms with Gasteiger partial charge in [-0.2, -0.15) is 0 Å². The number of hydrogen-bond donors (Lipinski definition) is 2. The van der Waals surface area contributed by atoms with Gasteiger partial charge >= 0.3 is 5.97 Å². The van der Waals surface area contributed by atoms with Crippen LogP contribution < -0.4 is 4.72 Å². The van der Waals surface area contributed by atoms with Crippen molar-refractivity contribution < 1.29 is 22.7 Å². The summed E-state index contributed by atoms with van der Waals surface area (Å²) in [6.45, 7) is 8.10. The Kier molecular flexibility index (Phi) is 5.11. The molecule has 1 unspecified atom stereocenters. The number of halogens is 1. The summed E-state index contributed by atoms with van der Waals surface area (Å²) in [5.41, 5.74) is -0.737. The summed E-state index contributed by atoms with van der Waals surface area (Å²) in [5.74, 6) is -2.40. The van der Waals surface area contributed by atoms with Crippen LogP contribution in [0.4, 0.5) is 4.39 Å². The predicted molar refractivity (Wildman–Crippen MR) is 77.2 cm³/mol. The van der Waals surface area contributed by atoms with Crippen molar-refractivity contribution in [2.45, 2.75) is 32.6 Å². The maximum absolute atomic E-state index is 13.3. The molecule has 0 aromatic heterocycles. The summed E-state index contributed by atoms with van der Waals surface area (Å²) in [4.78, 5) is 10.6. The van der Waals surface area contributed by atoms with Gasteiger partial charge in [-0.1, -0.05) is 27.7 Å². The molecule has 5 nitrogen and oxygen atoms in total. The molecule has 0 bridgehead atoms. The van der Waals surface area contributed by atoms with Crippen LogP contribution in [0.2, 0.25) is 0 Å². The molecule has 0 spiro atoms. The Balaban J connectivity index is 2.99. The van der Waals surface area contributed by atoms with Crippen molar-refractivity contribution in [1.82, 2.24) is 4.72 Å². The molecule has 0 aliphatic carbocycles. The first-order chi connectivity index (χ1) is 9.45. The summed E-state index contributed by atoms with van der Waals surface area (Å²) >= 11 is 0. The number of hydrogen-bond acceptors (Lipinski definition) is 3. The van der Waals surface area contributed by atoms with E-state index in [1.807, 2.05) is 27.7 Å². The fourth-order valence-electron chi connectivity index (χ4n) is 1.46. The Hall–Kier alpha value is -1.47. The Morgan fingerprint density at radius 2 is 1.95 bits per heavy atom. The van der Waals surface area contributed by atoms with E-state index in [0.29, 0.717) is 0 Å². The lowest BCUT2D eigenvalue weighted by Crippen LogP contribution is -2.33. The van der Waals surface area contributed by atoms with Crippen LogP contribution in [0, 0.1) is 17.2 Å². The quantitative estimate of drug-likeness (QED) is 0.874. The number of aromatic carboxylic acids is 1. The molecule has 0 saturated carbocycles. The van der Waals surface area contributed by atoms with Gasteiger partial charge in [-0.25, -0.2) is 22.3 Å². The zero-order valence-corrected chi connectivity index (χ0v) is 13.3. The second-order valence-corrected chi connectivity index (χ2v) is 7.83. The molecular weight excluding hydrogens is 297 g/mol. The second kappa shape index (κ2) is 6.11. The number of sulfonamides is 1. The number of carboxylic acid groups (broad SMARTS) is 1. The first kappa shape index (κ1) is 17.6. The Bertz CT molecular complexity index is 635. The van der Waals surface area contributed by atoms with Crippen molar-refractivity contribution in [2.24, 2.45) is 11.3 Å².